The zero-order valence-corrected chi connectivity index (χ0v) is 10.1. The summed E-state index contributed by atoms with van der Waals surface area (Å²) in [7, 11) is 0. The Morgan fingerprint density at radius 2 is 1.75 bits per heavy atom. The molecule has 88 valence electrons. The molecule has 1 aliphatic rings. The zero-order valence-electron chi connectivity index (χ0n) is 10.1. The van der Waals surface area contributed by atoms with Crippen molar-refractivity contribution >= 4 is 0 Å². The first-order chi connectivity index (χ1) is 7.74. The summed E-state index contributed by atoms with van der Waals surface area (Å²) in [6.45, 7) is 5.28. The van der Waals surface area contributed by atoms with Gasteiger partial charge in [-0.15, -0.1) is 0 Å². The van der Waals surface area contributed by atoms with Crippen LogP contribution < -0.4 is 5.32 Å². The largest absolute Gasteiger partial charge is 0.375 e. The Morgan fingerprint density at radius 1 is 1.12 bits per heavy atom. The lowest BCUT2D eigenvalue weighted by atomic mass is 9.99. The maximum atomic E-state index is 5.73. The van der Waals surface area contributed by atoms with Gasteiger partial charge in [0.2, 0.25) is 0 Å². The summed E-state index contributed by atoms with van der Waals surface area (Å²) < 4.78 is 5.73. The van der Waals surface area contributed by atoms with E-state index in [1.807, 2.05) is 0 Å². The van der Waals surface area contributed by atoms with E-state index in [1.165, 1.54) is 5.56 Å². The molecule has 0 aliphatic carbocycles. The molecule has 1 aromatic carbocycles. The predicted octanol–water partition coefficient (Wildman–Crippen LogP) is 2.73. The van der Waals surface area contributed by atoms with Crippen LogP contribution in [0.3, 0.4) is 0 Å². The zero-order chi connectivity index (χ0) is 11.4. The molecule has 1 heterocycles. The normalized spacial score (nSPS) is 30.2. The smallest absolute Gasteiger partial charge is 0.0565 e. The van der Waals surface area contributed by atoms with Gasteiger partial charge in [0.1, 0.15) is 0 Å². The molecule has 1 saturated heterocycles. The maximum absolute atomic E-state index is 5.73. The minimum atomic E-state index is 0.386. The fraction of sp³-hybridized carbons (Fsp3) is 0.571. The summed E-state index contributed by atoms with van der Waals surface area (Å²) in [6.07, 6.45) is 3.02. The Bertz CT molecular complexity index is 302. The highest BCUT2D eigenvalue weighted by molar-refractivity contribution is 5.14. The second-order valence-corrected chi connectivity index (χ2v) is 4.79. The summed E-state index contributed by atoms with van der Waals surface area (Å²) in [5, 5.41) is 3.62. The number of nitrogens with one attached hydrogen (secondary N) is 1. The molecule has 0 amide bonds. The van der Waals surface area contributed by atoms with Gasteiger partial charge in [0.05, 0.1) is 12.2 Å². The van der Waals surface area contributed by atoms with Gasteiger partial charge < -0.3 is 10.1 Å². The maximum Gasteiger partial charge on any atom is 0.0565 e. The lowest BCUT2D eigenvalue weighted by Gasteiger charge is -2.32. The van der Waals surface area contributed by atoms with E-state index in [0.29, 0.717) is 18.2 Å². The molecule has 1 unspecified atom stereocenters. The standard InChI is InChI=1S/C14H21NO/c1-11-8-14(9-12(2)16-11)15-10-13-6-4-3-5-7-13/h3-7,11-12,14-15H,8-10H2,1-2H3/t11-,12+,14?. The van der Waals surface area contributed by atoms with Crippen molar-refractivity contribution in [3.8, 4) is 0 Å². The molecule has 0 aromatic heterocycles. The molecule has 3 atom stereocenters. The Labute approximate surface area is 98.0 Å². The Morgan fingerprint density at radius 3 is 2.38 bits per heavy atom. The monoisotopic (exact) mass is 219 g/mol. The summed E-state index contributed by atoms with van der Waals surface area (Å²) in [5.41, 5.74) is 1.36. The predicted molar refractivity (Wildman–Crippen MR) is 66.3 cm³/mol. The van der Waals surface area contributed by atoms with E-state index in [2.05, 4.69) is 49.5 Å². The number of benzene rings is 1. The van der Waals surface area contributed by atoms with Crippen LogP contribution in [0.1, 0.15) is 32.3 Å². The van der Waals surface area contributed by atoms with Gasteiger partial charge in [0, 0.05) is 12.6 Å². The van der Waals surface area contributed by atoms with Crippen molar-refractivity contribution < 1.29 is 4.74 Å². The molecular formula is C14H21NO. The quantitative estimate of drug-likeness (QED) is 0.844. The van der Waals surface area contributed by atoms with Gasteiger partial charge in [0.25, 0.3) is 0 Å². The van der Waals surface area contributed by atoms with E-state index in [1.54, 1.807) is 0 Å². The van der Waals surface area contributed by atoms with Crippen molar-refractivity contribution in [1.82, 2.24) is 5.32 Å². The molecule has 1 N–H and O–H groups in total. The van der Waals surface area contributed by atoms with Gasteiger partial charge in [-0.3, -0.25) is 0 Å². The molecule has 1 aromatic rings. The number of rotatable bonds is 3. The third kappa shape index (κ3) is 3.32. The minimum absolute atomic E-state index is 0.386. The summed E-state index contributed by atoms with van der Waals surface area (Å²) >= 11 is 0. The van der Waals surface area contributed by atoms with Crippen LogP contribution in [0.5, 0.6) is 0 Å². The lowest BCUT2D eigenvalue weighted by Crippen LogP contribution is -2.40. The molecule has 0 bridgehead atoms. The van der Waals surface area contributed by atoms with Gasteiger partial charge in [-0.2, -0.15) is 0 Å². The highest BCUT2D eigenvalue weighted by Crippen LogP contribution is 2.19. The summed E-state index contributed by atoms with van der Waals surface area (Å²) in [4.78, 5) is 0. The first-order valence-corrected chi connectivity index (χ1v) is 6.17. The van der Waals surface area contributed by atoms with E-state index in [9.17, 15) is 0 Å². The van der Waals surface area contributed by atoms with Crippen LogP contribution in [0.15, 0.2) is 30.3 Å². The fourth-order valence-corrected chi connectivity index (χ4v) is 2.43. The minimum Gasteiger partial charge on any atom is -0.375 e. The highest BCUT2D eigenvalue weighted by Gasteiger charge is 2.23. The van der Waals surface area contributed by atoms with Crippen molar-refractivity contribution in [2.24, 2.45) is 0 Å². The Kier molecular flexibility index (Phi) is 3.97. The SMILES string of the molecule is C[C@@H]1CC(NCc2ccccc2)C[C@H](C)O1. The molecule has 1 aliphatic heterocycles. The number of ether oxygens (including phenoxy) is 1. The van der Waals surface area contributed by atoms with Crippen LogP contribution >= 0.6 is 0 Å². The second-order valence-electron chi connectivity index (χ2n) is 4.79. The topological polar surface area (TPSA) is 21.3 Å². The van der Waals surface area contributed by atoms with Crippen molar-refractivity contribution in [2.75, 3.05) is 0 Å². The van der Waals surface area contributed by atoms with Gasteiger partial charge in [0.15, 0.2) is 0 Å². The summed E-state index contributed by atoms with van der Waals surface area (Å²) in [5.74, 6) is 0. The van der Waals surface area contributed by atoms with Crippen molar-refractivity contribution in [3.05, 3.63) is 35.9 Å². The number of hydrogen-bond acceptors (Lipinski definition) is 2. The highest BCUT2D eigenvalue weighted by atomic mass is 16.5. The van der Waals surface area contributed by atoms with Crippen molar-refractivity contribution in [3.63, 3.8) is 0 Å². The van der Waals surface area contributed by atoms with E-state index in [0.717, 1.165) is 19.4 Å². The third-order valence-electron chi connectivity index (χ3n) is 3.14. The molecule has 0 spiro atoms. The number of hydrogen-bond donors (Lipinski definition) is 1. The van der Waals surface area contributed by atoms with Crippen LogP contribution in [0.4, 0.5) is 0 Å². The molecule has 2 rings (SSSR count). The van der Waals surface area contributed by atoms with Gasteiger partial charge in [-0.1, -0.05) is 30.3 Å². The van der Waals surface area contributed by atoms with Crippen LogP contribution in [-0.2, 0) is 11.3 Å². The lowest BCUT2D eigenvalue weighted by molar-refractivity contribution is -0.0422. The van der Waals surface area contributed by atoms with Crippen LogP contribution in [0.2, 0.25) is 0 Å². The third-order valence-corrected chi connectivity index (χ3v) is 3.14. The first kappa shape index (κ1) is 11.6. The average Bonchev–Trinajstić information content (AvgIpc) is 2.27. The Balaban J connectivity index is 1.81. The van der Waals surface area contributed by atoms with Gasteiger partial charge >= 0.3 is 0 Å². The van der Waals surface area contributed by atoms with E-state index >= 15 is 0 Å². The van der Waals surface area contributed by atoms with Crippen LogP contribution in [0, 0.1) is 0 Å². The van der Waals surface area contributed by atoms with Gasteiger partial charge in [-0.05, 0) is 32.3 Å². The van der Waals surface area contributed by atoms with Gasteiger partial charge in [-0.25, -0.2) is 0 Å². The fourth-order valence-electron chi connectivity index (χ4n) is 2.43. The van der Waals surface area contributed by atoms with Crippen molar-refractivity contribution in [1.29, 1.82) is 0 Å². The van der Waals surface area contributed by atoms with E-state index < -0.39 is 0 Å². The molecule has 1 fully saturated rings. The van der Waals surface area contributed by atoms with Crippen molar-refractivity contribution in [2.45, 2.75) is 51.5 Å². The van der Waals surface area contributed by atoms with Crippen LogP contribution in [-0.4, -0.2) is 18.2 Å². The molecular weight excluding hydrogens is 198 g/mol. The van der Waals surface area contributed by atoms with E-state index in [-0.39, 0.29) is 0 Å². The van der Waals surface area contributed by atoms with E-state index in [4.69, 9.17) is 4.74 Å². The second kappa shape index (κ2) is 5.46. The molecule has 2 nitrogen and oxygen atoms in total. The van der Waals surface area contributed by atoms with Crippen LogP contribution in [0.25, 0.3) is 0 Å². The molecule has 0 radical (unpaired) electrons. The first-order valence-electron chi connectivity index (χ1n) is 6.17. The molecule has 2 heteroatoms. The molecule has 0 saturated carbocycles. The molecule has 16 heavy (non-hydrogen) atoms. The summed E-state index contributed by atoms with van der Waals surface area (Å²) in [6, 6.07) is 11.2. The Hall–Kier alpha value is -0.860. The average molecular weight is 219 g/mol.